The number of phenolic OH excluding ortho intramolecular Hbond substituents is 2. The average Bonchev–Trinajstić information content (AvgIpc) is 2.23. The topological polar surface area (TPSA) is 58.9 Å². The van der Waals surface area contributed by atoms with E-state index in [1.807, 2.05) is 0 Å². The molecular formula is C11H14O4. The number of methoxy groups -OCH3 is 2. The molecule has 1 rings (SSSR count). The summed E-state index contributed by atoms with van der Waals surface area (Å²) in [6.07, 6.45) is 1.45. The normalized spacial score (nSPS) is 9.80. The molecule has 0 aliphatic rings. The maximum Gasteiger partial charge on any atom is 0.207 e. The maximum absolute atomic E-state index is 9.82. The smallest absolute Gasteiger partial charge is 0.207 e. The van der Waals surface area contributed by atoms with Crippen molar-refractivity contribution in [1.82, 2.24) is 0 Å². The molecule has 0 aliphatic carbocycles. The molecular weight excluding hydrogens is 196 g/mol. The van der Waals surface area contributed by atoms with E-state index in [1.165, 1.54) is 20.3 Å². The third-order valence-electron chi connectivity index (χ3n) is 2.26. The number of rotatable bonds is 3. The highest BCUT2D eigenvalue weighted by Crippen LogP contribution is 2.48. The first kappa shape index (κ1) is 11.2. The summed E-state index contributed by atoms with van der Waals surface area (Å²) in [6.45, 7) is 5.22. The van der Waals surface area contributed by atoms with Gasteiger partial charge in [0.15, 0.2) is 11.5 Å². The van der Waals surface area contributed by atoms with Crippen molar-refractivity contribution in [3.8, 4) is 23.0 Å². The van der Waals surface area contributed by atoms with Gasteiger partial charge in [0.1, 0.15) is 0 Å². The van der Waals surface area contributed by atoms with E-state index in [0.717, 1.165) is 0 Å². The summed E-state index contributed by atoms with van der Waals surface area (Å²) < 4.78 is 9.92. The Labute approximate surface area is 88.4 Å². The zero-order valence-electron chi connectivity index (χ0n) is 9.00. The van der Waals surface area contributed by atoms with Gasteiger partial charge in [-0.15, -0.1) is 0 Å². The van der Waals surface area contributed by atoms with E-state index in [4.69, 9.17) is 9.47 Å². The lowest BCUT2D eigenvalue weighted by Gasteiger charge is -2.15. The monoisotopic (exact) mass is 210 g/mol. The fourth-order valence-electron chi connectivity index (χ4n) is 1.44. The van der Waals surface area contributed by atoms with E-state index in [0.29, 0.717) is 11.1 Å². The quantitative estimate of drug-likeness (QED) is 0.750. The highest BCUT2D eigenvalue weighted by molar-refractivity contribution is 5.73. The lowest BCUT2D eigenvalue weighted by Crippen LogP contribution is -1.95. The Morgan fingerprint density at radius 3 is 1.93 bits per heavy atom. The van der Waals surface area contributed by atoms with Crippen molar-refractivity contribution in [3.05, 3.63) is 17.7 Å². The molecule has 0 saturated heterocycles. The molecule has 0 aliphatic heterocycles. The molecule has 1 aromatic rings. The summed E-state index contributed by atoms with van der Waals surface area (Å²) in [6, 6.07) is 0. The van der Waals surface area contributed by atoms with Gasteiger partial charge in [-0.2, -0.15) is 0 Å². The second-order valence-electron chi connectivity index (χ2n) is 3.01. The van der Waals surface area contributed by atoms with Crippen LogP contribution in [0.4, 0.5) is 0 Å². The van der Waals surface area contributed by atoms with Crippen molar-refractivity contribution in [3.63, 3.8) is 0 Å². The highest BCUT2D eigenvalue weighted by atomic mass is 16.5. The summed E-state index contributed by atoms with van der Waals surface area (Å²) in [7, 11) is 2.78. The van der Waals surface area contributed by atoms with E-state index in [-0.39, 0.29) is 23.0 Å². The zero-order chi connectivity index (χ0) is 11.6. The summed E-state index contributed by atoms with van der Waals surface area (Å²) in [5.74, 6) is 0.0929. The molecule has 1 aromatic carbocycles. The first-order valence-corrected chi connectivity index (χ1v) is 4.37. The summed E-state index contributed by atoms with van der Waals surface area (Å²) in [4.78, 5) is 0. The predicted octanol–water partition coefficient (Wildman–Crippen LogP) is 2.07. The minimum absolute atomic E-state index is 0.0537. The van der Waals surface area contributed by atoms with Gasteiger partial charge in [-0.25, -0.2) is 0 Å². The number of aromatic hydroxyl groups is 2. The number of ether oxygens (including phenoxy) is 2. The van der Waals surface area contributed by atoms with Crippen molar-refractivity contribution >= 4 is 6.08 Å². The van der Waals surface area contributed by atoms with Crippen LogP contribution in [0.5, 0.6) is 23.0 Å². The second kappa shape index (κ2) is 4.13. The molecule has 0 aromatic heterocycles. The van der Waals surface area contributed by atoms with Crippen LogP contribution in [0.25, 0.3) is 6.08 Å². The molecule has 82 valence electrons. The Morgan fingerprint density at radius 1 is 1.07 bits per heavy atom. The lowest BCUT2D eigenvalue weighted by atomic mass is 10.0. The van der Waals surface area contributed by atoms with Crippen molar-refractivity contribution in [2.24, 2.45) is 0 Å². The Bertz CT molecular complexity index is 396. The Hall–Kier alpha value is -1.84. The van der Waals surface area contributed by atoms with E-state index in [2.05, 4.69) is 6.58 Å². The van der Waals surface area contributed by atoms with Gasteiger partial charge in [-0.1, -0.05) is 12.7 Å². The molecule has 0 fully saturated rings. The fourth-order valence-corrected chi connectivity index (χ4v) is 1.44. The van der Waals surface area contributed by atoms with Crippen LogP contribution in [0, 0.1) is 6.92 Å². The van der Waals surface area contributed by atoms with Crippen molar-refractivity contribution in [2.75, 3.05) is 14.2 Å². The molecule has 15 heavy (non-hydrogen) atoms. The van der Waals surface area contributed by atoms with Crippen LogP contribution in [0.2, 0.25) is 0 Å². The van der Waals surface area contributed by atoms with Crippen LogP contribution < -0.4 is 9.47 Å². The summed E-state index contributed by atoms with van der Waals surface area (Å²) >= 11 is 0. The van der Waals surface area contributed by atoms with Crippen LogP contribution >= 0.6 is 0 Å². The van der Waals surface area contributed by atoms with Crippen molar-refractivity contribution in [1.29, 1.82) is 0 Å². The van der Waals surface area contributed by atoms with Crippen LogP contribution in [0.3, 0.4) is 0 Å². The number of hydrogen-bond donors (Lipinski definition) is 2. The van der Waals surface area contributed by atoms with E-state index < -0.39 is 0 Å². The van der Waals surface area contributed by atoms with Gasteiger partial charge in [0.2, 0.25) is 11.5 Å². The second-order valence-corrected chi connectivity index (χ2v) is 3.01. The SMILES string of the molecule is C=Cc1c(C)c(O)c(OC)c(OC)c1O. The van der Waals surface area contributed by atoms with Gasteiger partial charge < -0.3 is 19.7 Å². The molecule has 4 heteroatoms. The summed E-state index contributed by atoms with van der Waals surface area (Å²) in [5.41, 5.74) is 0.935. The molecule has 0 atom stereocenters. The minimum Gasteiger partial charge on any atom is -0.504 e. The fraction of sp³-hybridized carbons (Fsp3) is 0.273. The number of benzene rings is 1. The van der Waals surface area contributed by atoms with Gasteiger partial charge in [-0.3, -0.25) is 0 Å². The predicted molar refractivity (Wildman–Crippen MR) is 57.7 cm³/mol. The Balaban J connectivity index is 3.64. The molecule has 0 unspecified atom stereocenters. The van der Waals surface area contributed by atoms with E-state index in [1.54, 1.807) is 6.92 Å². The molecule has 0 amide bonds. The average molecular weight is 210 g/mol. The van der Waals surface area contributed by atoms with E-state index >= 15 is 0 Å². The van der Waals surface area contributed by atoms with Gasteiger partial charge in [-0.05, 0) is 6.92 Å². The van der Waals surface area contributed by atoms with Gasteiger partial charge in [0.25, 0.3) is 0 Å². The number of hydrogen-bond acceptors (Lipinski definition) is 4. The molecule has 0 saturated carbocycles. The largest absolute Gasteiger partial charge is 0.504 e. The van der Waals surface area contributed by atoms with Crippen molar-refractivity contribution < 1.29 is 19.7 Å². The maximum atomic E-state index is 9.82. The first-order chi connectivity index (χ1) is 7.08. The van der Waals surface area contributed by atoms with Gasteiger partial charge in [0.05, 0.1) is 14.2 Å². The van der Waals surface area contributed by atoms with Crippen LogP contribution in [0.15, 0.2) is 6.58 Å². The number of phenols is 2. The third-order valence-corrected chi connectivity index (χ3v) is 2.26. The van der Waals surface area contributed by atoms with Crippen molar-refractivity contribution in [2.45, 2.75) is 6.92 Å². The first-order valence-electron chi connectivity index (χ1n) is 4.37. The standard InChI is InChI=1S/C11H14O4/c1-5-7-6(2)8(12)10(14-3)11(15-4)9(7)13/h5,12-13H,1H2,2-4H3. The molecule has 0 bridgehead atoms. The zero-order valence-corrected chi connectivity index (χ0v) is 9.00. The molecule has 2 N–H and O–H groups in total. The molecule has 0 spiro atoms. The van der Waals surface area contributed by atoms with Gasteiger partial charge in [0, 0.05) is 11.1 Å². The molecule has 4 nitrogen and oxygen atoms in total. The lowest BCUT2D eigenvalue weighted by molar-refractivity contribution is 0.315. The van der Waals surface area contributed by atoms with Crippen LogP contribution in [0.1, 0.15) is 11.1 Å². The van der Waals surface area contributed by atoms with Crippen LogP contribution in [-0.4, -0.2) is 24.4 Å². The highest BCUT2D eigenvalue weighted by Gasteiger charge is 2.21. The van der Waals surface area contributed by atoms with Crippen LogP contribution in [-0.2, 0) is 0 Å². The molecule has 0 heterocycles. The Morgan fingerprint density at radius 2 is 1.53 bits per heavy atom. The van der Waals surface area contributed by atoms with Gasteiger partial charge >= 0.3 is 0 Å². The third kappa shape index (κ3) is 1.58. The van der Waals surface area contributed by atoms with E-state index in [9.17, 15) is 10.2 Å². The minimum atomic E-state index is -0.0837. The molecule has 0 radical (unpaired) electrons. The Kier molecular flexibility index (Phi) is 3.09. The summed E-state index contributed by atoms with van der Waals surface area (Å²) in [5, 5.41) is 19.6.